The van der Waals surface area contributed by atoms with Gasteiger partial charge >= 0.3 is 6.18 Å². The lowest BCUT2D eigenvalue weighted by Gasteiger charge is -2.22. The fraction of sp³-hybridized carbons (Fsp3) is 0.529. The zero-order chi connectivity index (χ0) is 18.4. The third kappa shape index (κ3) is 5.19. The monoisotopic (exact) mass is 358 g/mol. The van der Waals surface area contributed by atoms with E-state index in [1.807, 2.05) is 0 Å². The van der Waals surface area contributed by atoms with Gasteiger partial charge in [0.25, 0.3) is 5.91 Å². The van der Waals surface area contributed by atoms with Gasteiger partial charge in [0.1, 0.15) is 0 Å². The number of nitrogens with zero attached hydrogens (tertiary/aromatic N) is 2. The summed E-state index contributed by atoms with van der Waals surface area (Å²) in [5, 5.41) is 0. The van der Waals surface area contributed by atoms with Crippen molar-refractivity contribution in [3.05, 3.63) is 35.4 Å². The molecule has 0 unspecified atom stereocenters. The van der Waals surface area contributed by atoms with Crippen molar-refractivity contribution in [1.29, 1.82) is 0 Å². The standard InChI is InChI=1S/C17H21F3N2O3/c1-25-12-7-15(23)21-8-2-9-22(11-10-21)16(24)13-3-5-14(6-4-13)17(18,19)20/h3-6H,2,7-12H2,1H3. The third-order valence-electron chi connectivity index (χ3n) is 4.12. The van der Waals surface area contributed by atoms with Gasteiger partial charge in [-0.2, -0.15) is 13.2 Å². The number of hydrogen-bond acceptors (Lipinski definition) is 3. The molecule has 1 aromatic carbocycles. The first-order chi connectivity index (χ1) is 11.8. The van der Waals surface area contributed by atoms with Gasteiger partial charge in [0, 0.05) is 38.9 Å². The molecule has 0 aliphatic carbocycles. The van der Waals surface area contributed by atoms with E-state index in [9.17, 15) is 22.8 Å². The summed E-state index contributed by atoms with van der Waals surface area (Å²) in [4.78, 5) is 27.8. The van der Waals surface area contributed by atoms with E-state index in [1.54, 1.807) is 9.80 Å². The highest BCUT2D eigenvalue weighted by Crippen LogP contribution is 2.29. The van der Waals surface area contributed by atoms with Gasteiger partial charge in [-0.15, -0.1) is 0 Å². The van der Waals surface area contributed by atoms with Gasteiger partial charge in [0.05, 0.1) is 18.6 Å². The van der Waals surface area contributed by atoms with Crippen LogP contribution in [0.3, 0.4) is 0 Å². The molecule has 1 saturated heterocycles. The molecule has 8 heteroatoms. The second-order valence-electron chi connectivity index (χ2n) is 5.84. The summed E-state index contributed by atoms with van der Waals surface area (Å²) in [6.07, 6.45) is -3.50. The van der Waals surface area contributed by atoms with Gasteiger partial charge in [-0.3, -0.25) is 9.59 Å². The number of amides is 2. The Morgan fingerprint density at radius 1 is 1.04 bits per heavy atom. The zero-order valence-corrected chi connectivity index (χ0v) is 14.0. The molecule has 1 aliphatic rings. The lowest BCUT2D eigenvalue weighted by Crippen LogP contribution is -2.37. The van der Waals surface area contributed by atoms with Crippen LogP contribution in [0.5, 0.6) is 0 Å². The second-order valence-corrected chi connectivity index (χ2v) is 5.84. The molecule has 138 valence electrons. The van der Waals surface area contributed by atoms with E-state index >= 15 is 0 Å². The molecule has 5 nitrogen and oxygen atoms in total. The van der Waals surface area contributed by atoms with Crippen LogP contribution in [0.2, 0.25) is 0 Å². The lowest BCUT2D eigenvalue weighted by atomic mass is 10.1. The van der Waals surface area contributed by atoms with Gasteiger partial charge in [-0.25, -0.2) is 0 Å². The van der Waals surface area contributed by atoms with Crippen LogP contribution in [-0.2, 0) is 15.7 Å². The normalized spacial score (nSPS) is 15.8. The summed E-state index contributed by atoms with van der Waals surface area (Å²) < 4.78 is 42.7. The van der Waals surface area contributed by atoms with E-state index in [1.165, 1.54) is 19.2 Å². The minimum Gasteiger partial charge on any atom is -0.384 e. The van der Waals surface area contributed by atoms with E-state index < -0.39 is 11.7 Å². The summed E-state index contributed by atoms with van der Waals surface area (Å²) >= 11 is 0. The average molecular weight is 358 g/mol. The molecule has 1 heterocycles. The summed E-state index contributed by atoms with van der Waals surface area (Å²) in [5.74, 6) is -0.342. The van der Waals surface area contributed by atoms with E-state index in [0.717, 1.165) is 12.1 Å². The van der Waals surface area contributed by atoms with Gasteiger partial charge in [-0.05, 0) is 30.7 Å². The molecule has 0 saturated carbocycles. The Morgan fingerprint density at radius 2 is 1.64 bits per heavy atom. The van der Waals surface area contributed by atoms with Gasteiger partial charge in [0.15, 0.2) is 0 Å². The van der Waals surface area contributed by atoms with Crippen molar-refractivity contribution in [3.8, 4) is 0 Å². The molecule has 1 fully saturated rings. The maximum atomic E-state index is 12.6. The van der Waals surface area contributed by atoms with E-state index in [4.69, 9.17) is 4.74 Å². The first-order valence-corrected chi connectivity index (χ1v) is 8.06. The number of halogens is 3. The van der Waals surface area contributed by atoms with Crippen LogP contribution in [0.15, 0.2) is 24.3 Å². The molecule has 0 radical (unpaired) electrons. The topological polar surface area (TPSA) is 49.9 Å². The molecule has 2 amide bonds. The minimum atomic E-state index is -4.42. The number of rotatable bonds is 4. The molecular weight excluding hydrogens is 337 g/mol. The molecule has 0 atom stereocenters. The molecular formula is C17H21F3N2O3. The SMILES string of the molecule is COCCC(=O)N1CCCN(C(=O)c2ccc(C(F)(F)F)cc2)CC1. The maximum absolute atomic E-state index is 12.6. The molecule has 0 bridgehead atoms. The van der Waals surface area contributed by atoms with Crippen LogP contribution in [0.25, 0.3) is 0 Å². The Morgan fingerprint density at radius 3 is 2.24 bits per heavy atom. The highest BCUT2D eigenvalue weighted by atomic mass is 19.4. The van der Waals surface area contributed by atoms with Crippen molar-refractivity contribution < 1.29 is 27.5 Å². The number of carbonyl (C=O) groups is 2. The second kappa shape index (κ2) is 8.33. The molecule has 1 aliphatic heterocycles. The van der Waals surface area contributed by atoms with Crippen LogP contribution in [0.4, 0.5) is 13.2 Å². The average Bonchev–Trinajstić information content (AvgIpc) is 2.84. The third-order valence-corrected chi connectivity index (χ3v) is 4.12. The summed E-state index contributed by atoms with van der Waals surface area (Å²) in [5.41, 5.74) is -0.568. The van der Waals surface area contributed by atoms with Crippen molar-refractivity contribution in [2.75, 3.05) is 39.9 Å². The van der Waals surface area contributed by atoms with Crippen molar-refractivity contribution in [1.82, 2.24) is 9.80 Å². The van der Waals surface area contributed by atoms with Crippen LogP contribution < -0.4 is 0 Å². The van der Waals surface area contributed by atoms with Crippen LogP contribution in [0, 0.1) is 0 Å². The number of ether oxygens (including phenoxy) is 1. The summed E-state index contributed by atoms with van der Waals surface area (Å²) in [6.45, 7) is 2.14. The number of methoxy groups -OCH3 is 1. The van der Waals surface area contributed by atoms with Crippen molar-refractivity contribution in [2.24, 2.45) is 0 Å². The van der Waals surface area contributed by atoms with Crippen molar-refractivity contribution >= 4 is 11.8 Å². The molecule has 0 N–H and O–H groups in total. The van der Waals surface area contributed by atoms with Crippen molar-refractivity contribution in [3.63, 3.8) is 0 Å². The Balaban J connectivity index is 1.97. The molecule has 2 rings (SSSR count). The molecule has 0 aromatic heterocycles. The smallest absolute Gasteiger partial charge is 0.384 e. The number of carbonyl (C=O) groups excluding carboxylic acids is 2. The van der Waals surface area contributed by atoms with Gasteiger partial charge in [-0.1, -0.05) is 0 Å². The van der Waals surface area contributed by atoms with Crippen LogP contribution in [-0.4, -0.2) is 61.5 Å². The Kier molecular flexibility index (Phi) is 6.41. The first-order valence-electron chi connectivity index (χ1n) is 8.06. The van der Waals surface area contributed by atoms with Crippen molar-refractivity contribution in [2.45, 2.75) is 19.0 Å². The summed E-state index contributed by atoms with van der Waals surface area (Å²) in [7, 11) is 1.53. The molecule has 0 spiro atoms. The van der Waals surface area contributed by atoms with E-state index in [-0.39, 0.29) is 17.4 Å². The first kappa shape index (κ1) is 19.2. The molecule has 25 heavy (non-hydrogen) atoms. The molecule has 1 aromatic rings. The maximum Gasteiger partial charge on any atom is 0.416 e. The Hall–Kier alpha value is -2.09. The minimum absolute atomic E-state index is 0.0225. The number of benzene rings is 1. The number of hydrogen-bond donors (Lipinski definition) is 0. The highest BCUT2D eigenvalue weighted by Gasteiger charge is 2.30. The summed E-state index contributed by atoms with van der Waals surface area (Å²) in [6, 6.07) is 4.20. The predicted molar refractivity (Wildman–Crippen MR) is 85.0 cm³/mol. The van der Waals surface area contributed by atoms with Gasteiger partial charge < -0.3 is 14.5 Å². The van der Waals surface area contributed by atoms with Crippen LogP contribution in [0.1, 0.15) is 28.8 Å². The van der Waals surface area contributed by atoms with E-state index in [2.05, 4.69) is 0 Å². The Bertz CT molecular complexity index is 602. The van der Waals surface area contributed by atoms with Crippen LogP contribution >= 0.6 is 0 Å². The quantitative estimate of drug-likeness (QED) is 0.831. The highest BCUT2D eigenvalue weighted by molar-refractivity contribution is 5.94. The number of alkyl halides is 3. The fourth-order valence-corrected chi connectivity index (χ4v) is 2.70. The predicted octanol–water partition coefficient (Wildman–Crippen LogP) is 2.42. The zero-order valence-electron chi connectivity index (χ0n) is 14.0. The fourth-order valence-electron chi connectivity index (χ4n) is 2.70. The van der Waals surface area contributed by atoms with Gasteiger partial charge in [0.2, 0.25) is 5.91 Å². The Labute approximate surface area is 144 Å². The largest absolute Gasteiger partial charge is 0.416 e. The lowest BCUT2D eigenvalue weighted by molar-refractivity contribution is -0.137. The van der Waals surface area contributed by atoms with E-state index in [0.29, 0.717) is 45.6 Å².